The van der Waals surface area contributed by atoms with Crippen LogP contribution in [0.25, 0.3) is 11.4 Å². The maximum atomic E-state index is 14.8. The van der Waals surface area contributed by atoms with Crippen molar-refractivity contribution in [3.8, 4) is 11.4 Å². The molecule has 0 bridgehead atoms. The van der Waals surface area contributed by atoms with E-state index in [0.29, 0.717) is 0 Å². The normalized spacial score (nSPS) is 12.9. The van der Waals surface area contributed by atoms with Gasteiger partial charge in [-0.1, -0.05) is 18.2 Å². The van der Waals surface area contributed by atoms with Crippen LogP contribution >= 0.6 is 0 Å². The summed E-state index contributed by atoms with van der Waals surface area (Å²) in [7, 11) is -2.51. The van der Waals surface area contributed by atoms with Gasteiger partial charge in [0.15, 0.2) is 0 Å². The van der Waals surface area contributed by atoms with E-state index < -0.39 is 45.6 Å². The zero-order chi connectivity index (χ0) is 22.2. The topological polar surface area (TPSA) is 66.0 Å². The molecule has 0 fully saturated rings. The summed E-state index contributed by atoms with van der Waals surface area (Å²) in [4.78, 5) is 25.5. The third-order valence-electron chi connectivity index (χ3n) is 4.35. The van der Waals surface area contributed by atoms with E-state index in [2.05, 4.69) is 0 Å². The Morgan fingerprint density at radius 1 is 1.03 bits per heavy atom. The number of halogens is 4. The molecule has 0 saturated carbocycles. The average molecular weight is 443 g/mol. The van der Waals surface area contributed by atoms with Crippen molar-refractivity contribution in [2.75, 3.05) is 5.75 Å². The molecule has 0 N–H and O–H groups in total. The molecule has 11 heteroatoms. The second kappa shape index (κ2) is 8.05. The Kier molecular flexibility index (Phi) is 5.84. The lowest BCUT2D eigenvalue weighted by atomic mass is 10.2. The van der Waals surface area contributed by atoms with E-state index in [-0.39, 0.29) is 22.7 Å². The summed E-state index contributed by atoms with van der Waals surface area (Å²) >= 11 is 0. The zero-order valence-corrected chi connectivity index (χ0v) is 16.8. The number of para-hydroxylation sites is 1. The molecule has 0 amide bonds. The fraction of sp³-hybridized carbons (Fsp3) is 0.263. The van der Waals surface area contributed by atoms with Crippen molar-refractivity contribution in [2.24, 2.45) is 0 Å². The summed E-state index contributed by atoms with van der Waals surface area (Å²) in [6, 6.07) is 9.76. The van der Waals surface area contributed by atoms with Crippen molar-refractivity contribution < 1.29 is 21.8 Å². The predicted molar refractivity (Wildman–Crippen MR) is 103 cm³/mol. The summed E-state index contributed by atoms with van der Waals surface area (Å²) in [5.41, 5.74) is -1.80. The predicted octanol–water partition coefficient (Wildman–Crippen LogP) is 2.93. The van der Waals surface area contributed by atoms with Crippen LogP contribution in [-0.4, -0.2) is 30.1 Å². The van der Waals surface area contributed by atoms with Crippen LogP contribution in [0.5, 0.6) is 0 Å². The first-order valence-corrected chi connectivity index (χ1v) is 10.1. The van der Waals surface area contributed by atoms with Crippen LogP contribution in [0.1, 0.15) is 12.5 Å². The smallest absolute Gasteiger partial charge is 0.254 e. The van der Waals surface area contributed by atoms with Gasteiger partial charge in [0, 0.05) is 11.4 Å². The van der Waals surface area contributed by atoms with Gasteiger partial charge in [-0.25, -0.2) is 23.2 Å². The maximum absolute atomic E-state index is 14.8. The van der Waals surface area contributed by atoms with E-state index in [1.54, 1.807) is 25.1 Å². The van der Waals surface area contributed by atoms with Gasteiger partial charge in [-0.05, 0) is 43.7 Å². The van der Waals surface area contributed by atoms with E-state index >= 15 is 0 Å². The molecular weight excluding hydrogens is 426 g/mol. The second-order valence-electron chi connectivity index (χ2n) is 6.44. The quantitative estimate of drug-likeness (QED) is 0.570. The minimum Gasteiger partial charge on any atom is -0.254 e. The Bertz CT molecular complexity index is 1230. The number of hydrogen-bond donors (Lipinski definition) is 0. The summed E-state index contributed by atoms with van der Waals surface area (Å²) in [6.07, 6.45) is -4.69. The first kappa shape index (κ1) is 21.8. The van der Waals surface area contributed by atoms with Crippen molar-refractivity contribution in [3.05, 3.63) is 74.8 Å². The van der Waals surface area contributed by atoms with Crippen LogP contribution < -0.4 is 11.4 Å². The molecule has 1 heterocycles. The zero-order valence-electron chi connectivity index (χ0n) is 15.9. The molecule has 1 unspecified atom stereocenters. The largest absolute Gasteiger partial charge is 0.400 e. The van der Waals surface area contributed by atoms with E-state index in [4.69, 9.17) is 0 Å². The summed E-state index contributed by atoms with van der Waals surface area (Å²) in [5, 5.41) is 0. The lowest BCUT2D eigenvalue weighted by Crippen LogP contribution is -2.27. The Labute approximate surface area is 170 Å². The Hall–Kier alpha value is -2.95. The maximum Gasteiger partial charge on any atom is 0.400 e. The third-order valence-corrected chi connectivity index (χ3v) is 5.87. The molecule has 0 radical (unpaired) electrons. The highest BCUT2D eigenvalue weighted by atomic mass is 32.2. The highest BCUT2D eigenvalue weighted by molar-refractivity contribution is 7.85. The number of aryl methyl sites for hydroxylation is 1. The van der Waals surface area contributed by atoms with Crippen molar-refractivity contribution in [2.45, 2.75) is 31.5 Å². The first-order valence-electron chi connectivity index (χ1n) is 8.81. The molecular formula is C19H17F4N3O3S. The molecule has 1 aromatic heterocycles. The van der Waals surface area contributed by atoms with E-state index in [1.807, 2.05) is 0 Å². The summed E-state index contributed by atoms with van der Waals surface area (Å²) in [5.74, 6) is -2.55. The molecule has 1 atom stereocenters. The van der Waals surface area contributed by atoms with Gasteiger partial charge < -0.3 is 0 Å². The fourth-order valence-electron chi connectivity index (χ4n) is 3.06. The first-order chi connectivity index (χ1) is 14.0. The molecule has 6 nitrogen and oxygen atoms in total. The van der Waals surface area contributed by atoms with Crippen LogP contribution in [0, 0.1) is 12.7 Å². The van der Waals surface area contributed by atoms with Gasteiger partial charge in [0.1, 0.15) is 17.3 Å². The van der Waals surface area contributed by atoms with Gasteiger partial charge in [0.05, 0.1) is 16.5 Å². The lowest BCUT2D eigenvalue weighted by molar-refractivity contribution is -0.105. The monoisotopic (exact) mass is 443 g/mol. The molecule has 0 aliphatic rings. The Morgan fingerprint density at radius 3 is 2.23 bits per heavy atom. The molecule has 3 rings (SSSR count). The van der Waals surface area contributed by atoms with Gasteiger partial charge in [0.25, 0.3) is 0 Å². The van der Waals surface area contributed by atoms with Crippen LogP contribution in [0.4, 0.5) is 17.6 Å². The van der Waals surface area contributed by atoms with Gasteiger partial charge >= 0.3 is 17.6 Å². The molecule has 0 saturated heterocycles. The third kappa shape index (κ3) is 4.02. The fourth-order valence-corrected chi connectivity index (χ4v) is 4.18. The molecule has 30 heavy (non-hydrogen) atoms. The van der Waals surface area contributed by atoms with Crippen LogP contribution in [0.15, 0.2) is 56.9 Å². The van der Waals surface area contributed by atoms with Crippen molar-refractivity contribution in [3.63, 3.8) is 0 Å². The number of rotatable bonds is 5. The van der Waals surface area contributed by atoms with Gasteiger partial charge in [-0.15, -0.1) is 0 Å². The van der Waals surface area contributed by atoms with E-state index in [0.717, 1.165) is 26.1 Å². The van der Waals surface area contributed by atoms with E-state index in [9.17, 15) is 31.4 Å². The number of aromatic nitrogens is 3. The highest BCUT2D eigenvalue weighted by Crippen LogP contribution is 2.25. The van der Waals surface area contributed by atoms with Gasteiger partial charge in [-0.2, -0.15) is 17.9 Å². The molecule has 0 aliphatic heterocycles. The minimum absolute atomic E-state index is 0.0117. The van der Waals surface area contributed by atoms with E-state index in [1.165, 1.54) is 19.1 Å². The van der Waals surface area contributed by atoms with Crippen LogP contribution in [0.2, 0.25) is 0 Å². The molecule has 0 spiro atoms. The van der Waals surface area contributed by atoms with Crippen LogP contribution in [0.3, 0.4) is 0 Å². The number of benzene rings is 2. The standard InChI is InChI=1S/C19H17F4N3O3S/c1-3-24-17(27)25(13-7-5-4-6-8-13)18(28)26(24)15-10-16(12(2)9-14(15)20)30(29)11-19(21,22)23/h4-10H,3,11H2,1-2H3. The Balaban J connectivity index is 2.26. The lowest BCUT2D eigenvalue weighted by Gasteiger charge is -2.13. The average Bonchev–Trinajstić information content (AvgIpc) is 2.90. The van der Waals surface area contributed by atoms with Crippen LogP contribution in [-0.2, 0) is 17.3 Å². The SMILES string of the molecule is CCn1c(=O)n(-c2ccccc2)c(=O)n1-c1cc(S(=O)CC(F)(F)F)c(C)cc1F. The molecule has 3 aromatic rings. The van der Waals surface area contributed by atoms with Crippen molar-refractivity contribution >= 4 is 10.8 Å². The van der Waals surface area contributed by atoms with Crippen molar-refractivity contribution in [1.29, 1.82) is 0 Å². The molecule has 2 aromatic carbocycles. The number of alkyl halides is 3. The summed E-state index contributed by atoms with van der Waals surface area (Å²) in [6.45, 7) is 2.87. The molecule has 0 aliphatic carbocycles. The number of hydrogen-bond acceptors (Lipinski definition) is 3. The van der Waals surface area contributed by atoms with Gasteiger partial charge in [0.2, 0.25) is 0 Å². The Morgan fingerprint density at radius 2 is 1.67 bits per heavy atom. The van der Waals surface area contributed by atoms with Crippen molar-refractivity contribution in [1.82, 2.24) is 13.9 Å². The number of nitrogens with zero attached hydrogens (tertiary/aromatic N) is 3. The molecule has 160 valence electrons. The minimum atomic E-state index is -4.69. The second-order valence-corrected chi connectivity index (χ2v) is 7.86. The summed E-state index contributed by atoms with van der Waals surface area (Å²) < 4.78 is 67.5. The van der Waals surface area contributed by atoms with Gasteiger partial charge in [-0.3, -0.25) is 4.21 Å². The highest BCUT2D eigenvalue weighted by Gasteiger charge is 2.32.